The standard InChI is InChI=1S/C17H27NO2/c1-17(13-19,18-2)10-5-11-20-16-9-8-14-6-3-4-7-15(14)12-16/h8-9,12,18-19H,3-7,10-11,13H2,1-2H3. The normalized spacial score (nSPS) is 17.4. The van der Waals surface area contributed by atoms with Crippen molar-refractivity contribution in [2.45, 2.75) is 51.0 Å². The van der Waals surface area contributed by atoms with Gasteiger partial charge in [0.2, 0.25) is 0 Å². The smallest absolute Gasteiger partial charge is 0.119 e. The van der Waals surface area contributed by atoms with Crippen molar-refractivity contribution in [1.29, 1.82) is 0 Å². The summed E-state index contributed by atoms with van der Waals surface area (Å²) in [6.07, 6.45) is 6.87. The molecule has 1 aliphatic carbocycles. The maximum absolute atomic E-state index is 9.33. The van der Waals surface area contributed by atoms with Crippen molar-refractivity contribution in [3.63, 3.8) is 0 Å². The molecule has 0 fully saturated rings. The van der Waals surface area contributed by atoms with Gasteiger partial charge in [-0.05, 0) is 75.8 Å². The number of hydrogen-bond donors (Lipinski definition) is 2. The van der Waals surface area contributed by atoms with Gasteiger partial charge < -0.3 is 15.2 Å². The maximum Gasteiger partial charge on any atom is 0.119 e. The number of aliphatic hydroxyl groups is 1. The van der Waals surface area contributed by atoms with E-state index in [9.17, 15) is 5.11 Å². The molecule has 0 aromatic heterocycles. The lowest BCUT2D eigenvalue weighted by molar-refractivity contribution is 0.163. The molecule has 1 atom stereocenters. The summed E-state index contributed by atoms with van der Waals surface area (Å²) in [5.41, 5.74) is 2.76. The first-order chi connectivity index (χ1) is 9.67. The van der Waals surface area contributed by atoms with Gasteiger partial charge in [0.05, 0.1) is 13.2 Å². The summed E-state index contributed by atoms with van der Waals surface area (Å²) in [4.78, 5) is 0. The number of aliphatic hydroxyl groups excluding tert-OH is 1. The molecule has 0 heterocycles. The number of benzene rings is 1. The molecule has 1 aromatic carbocycles. The summed E-state index contributed by atoms with van der Waals surface area (Å²) in [5, 5.41) is 12.5. The van der Waals surface area contributed by atoms with Crippen LogP contribution in [0.5, 0.6) is 5.75 Å². The second-order valence-electron chi connectivity index (χ2n) is 6.06. The lowest BCUT2D eigenvalue weighted by Crippen LogP contribution is -2.43. The third kappa shape index (κ3) is 3.97. The zero-order chi connectivity index (χ0) is 14.4. The Morgan fingerprint density at radius 3 is 2.70 bits per heavy atom. The number of nitrogens with one attached hydrogen (secondary N) is 1. The number of hydrogen-bond acceptors (Lipinski definition) is 3. The van der Waals surface area contributed by atoms with Gasteiger partial charge in [0.15, 0.2) is 0 Å². The number of ether oxygens (including phenoxy) is 1. The molecule has 0 spiro atoms. The van der Waals surface area contributed by atoms with Gasteiger partial charge >= 0.3 is 0 Å². The Balaban J connectivity index is 1.80. The summed E-state index contributed by atoms with van der Waals surface area (Å²) >= 11 is 0. The number of fused-ring (bicyclic) bond motifs is 1. The highest BCUT2D eigenvalue weighted by Gasteiger charge is 2.19. The van der Waals surface area contributed by atoms with Crippen molar-refractivity contribution in [3.05, 3.63) is 29.3 Å². The summed E-state index contributed by atoms with van der Waals surface area (Å²) in [6, 6.07) is 6.51. The minimum absolute atomic E-state index is 0.155. The SMILES string of the molecule is CNC(C)(CO)CCCOc1ccc2c(c1)CCCC2. The number of rotatable bonds is 7. The number of likely N-dealkylation sites (N-methyl/N-ethyl adjacent to an activating group) is 1. The highest BCUT2D eigenvalue weighted by atomic mass is 16.5. The van der Waals surface area contributed by atoms with E-state index in [1.807, 2.05) is 14.0 Å². The third-order valence-electron chi connectivity index (χ3n) is 4.41. The van der Waals surface area contributed by atoms with Crippen LogP contribution in [-0.4, -0.2) is 30.9 Å². The second-order valence-corrected chi connectivity index (χ2v) is 6.06. The molecule has 0 amide bonds. The molecule has 3 nitrogen and oxygen atoms in total. The average molecular weight is 277 g/mol. The van der Waals surface area contributed by atoms with Gasteiger partial charge in [0.1, 0.15) is 5.75 Å². The van der Waals surface area contributed by atoms with E-state index in [4.69, 9.17) is 4.74 Å². The van der Waals surface area contributed by atoms with Crippen LogP contribution in [0.2, 0.25) is 0 Å². The van der Waals surface area contributed by atoms with E-state index in [2.05, 4.69) is 23.5 Å². The van der Waals surface area contributed by atoms with E-state index < -0.39 is 0 Å². The Bertz CT molecular complexity index is 427. The number of aryl methyl sites for hydroxylation is 2. The van der Waals surface area contributed by atoms with E-state index in [1.165, 1.54) is 36.8 Å². The van der Waals surface area contributed by atoms with E-state index in [0.717, 1.165) is 18.6 Å². The van der Waals surface area contributed by atoms with Gasteiger partial charge in [-0.2, -0.15) is 0 Å². The van der Waals surface area contributed by atoms with Gasteiger partial charge in [-0.25, -0.2) is 0 Å². The summed E-state index contributed by atoms with van der Waals surface area (Å²) in [7, 11) is 1.89. The van der Waals surface area contributed by atoms with Gasteiger partial charge in [-0.3, -0.25) is 0 Å². The highest BCUT2D eigenvalue weighted by Crippen LogP contribution is 2.25. The van der Waals surface area contributed by atoms with Crippen molar-refractivity contribution >= 4 is 0 Å². The average Bonchev–Trinajstić information content (AvgIpc) is 2.51. The van der Waals surface area contributed by atoms with Crippen molar-refractivity contribution in [1.82, 2.24) is 5.32 Å². The summed E-state index contributed by atoms with van der Waals surface area (Å²) in [5.74, 6) is 0.987. The van der Waals surface area contributed by atoms with Crippen LogP contribution in [0, 0.1) is 0 Å². The second kappa shape index (κ2) is 7.09. The lowest BCUT2D eigenvalue weighted by Gasteiger charge is -2.26. The van der Waals surface area contributed by atoms with Crippen molar-refractivity contribution in [3.8, 4) is 5.75 Å². The molecular formula is C17H27NO2. The van der Waals surface area contributed by atoms with E-state index in [1.54, 1.807) is 0 Å². The highest BCUT2D eigenvalue weighted by molar-refractivity contribution is 5.37. The molecule has 0 bridgehead atoms. The van der Waals surface area contributed by atoms with E-state index in [-0.39, 0.29) is 12.1 Å². The Morgan fingerprint density at radius 2 is 2.00 bits per heavy atom. The Labute approximate surface area is 122 Å². The molecule has 1 aromatic rings. The van der Waals surface area contributed by atoms with Crippen molar-refractivity contribution < 1.29 is 9.84 Å². The largest absolute Gasteiger partial charge is 0.494 e. The predicted molar refractivity (Wildman–Crippen MR) is 82.4 cm³/mol. The van der Waals surface area contributed by atoms with Crippen LogP contribution in [0.1, 0.15) is 43.7 Å². The first-order valence-electron chi connectivity index (χ1n) is 7.71. The van der Waals surface area contributed by atoms with Crippen molar-refractivity contribution in [2.75, 3.05) is 20.3 Å². The molecule has 20 heavy (non-hydrogen) atoms. The monoisotopic (exact) mass is 277 g/mol. The minimum atomic E-state index is -0.195. The summed E-state index contributed by atoms with van der Waals surface area (Å²) < 4.78 is 5.85. The molecule has 2 N–H and O–H groups in total. The van der Waals surface area contributed by atoms with Crippen LogP contribution < -0.4 is 10.1 Å². The van der Waals surface area contributed by atoms with Crippen LogP contribution in [0.25, 0.3) is 0 Å². The van der Waals surface area contributed by atoms with Crippen LogP contribution in [0.15, 0.2) is 18.2 Å². The van der Waals surface area contributed by atoms with Gasteiger partial charge in [-0.15, -0.1) is 0 Å². The summed E-state index contributed by atoms with van der Waals surface area (Å²) in [6.45, 7) is 2.89. The fraction of sp³-hybridized carbons (Fsp3) is 0.647. The molecular weight excluding hydrogens is 250 g/mol. The zero-order valence-electron chi connectivity index (χ0n) is 12.7. The molecule has 3 heteroatoms. The Kier molecular flexibility index (Phi) is 5.44. The predicted octanol–water partition coefficient (Wildman–Crippen LogP) is 2.69. The topological polar surface area (TPSA) is 41.5 Å². The molecule has 0 saturated carbocycles. The molecule has 0 radical (unpaired) electrons. The molecule has 1 unspecified atom stereocenters. The molecule has 0 aliphatic heterocycles. The minimum Gasteiger partial charge on any atom is -0.494 e. The van der Waals surface area contributed by atoms with Crippen LogP contribution in [0.3, 0.4) is 0 Å². The van der Waals surface area contributed by atoms with Gasteiger partial charge in [0.25, 0.3) is 0 Å². The van der Waals surface area contributed by atoms with Crippen LogP contribution in [-0.2, 0) is 12.8 Å². The Hall–Kier alpha value is -1.06. The van der Waals surface area contributed by atoms with E-state index in [0.29, 0.717) is 6.61 Å². The molecule has 112 valence electrons. The first-order valence-corrected chi connectivity index (χ1v) is 7.71. The zero-order valence-corrected chi connectivity index (χ0v) is 12.7. The van der Waals surface area contributed by atoms with Crippen LogP contribution >= 0.6 is 0 Å². The quantitative estimate of drug-likeness (QED) is 0.753. The van der Waals surface area contributed by atoms with Crippen molar-refractivity contribution in [2.24, 2.45) is 0 Å². The fourth-order valence-electron chi connectivity index (χ4n) is 2.74. The molecule has 1 aliphatic rings. The molecule has 2 rings (SSSR count). The maximum atomic E-state index is 9.33. The first kappa shape index (κ1) is 15.3. The molecule has 0 saturated heterocycles. The van der Waals surface area contributed by atoms with Gasteiger partial charge in [-0.1, -0.05) is 6.07 Å². The van der Waals surface area contributed by atoms with Gasteiger partial charge in [0, 0.05) is 5.54 Å². The van der Waals surface area contributed by atoms with Crippen LogP contribution in [0.4, 0.5) is 0 Å². The fourth-order valence-corrected chi connectivity index (χ4v) is 2.74. The Morgan fingerprint density at radius 1 is 1.25 bits per heavy atom. The van der Waals surface area contributed by atoms with E-state index >= 15 is 0 Å². The lowest BCUT2D eigenvalue weighted by atomic mass is 9.92. The third-order valence-corrected chi connectivity index (χ3v) is 4.41.